The van der Waals surface area contributed by atoms with Crippen LogP contribution >= 0.6 is 0 Å². The largest absolute Gasteiger partial charge is 0.376 e. The number of aromatic nitrogens is 2. The Morgan fingerprint density at radius 3 is 2.96 bits per heavy atom. The van der Waals surface area contributed by atoms with Gasteiger partial charge in [-0.1, -0.05) is 30.3 Å². The van der Waals surface area contributed by atoms with Crippen LogP contribution < -0.4 is 10.6 Å². The summed E-state index contributed by atoms with van der Waals surface area (Å²) in [6.45, 7) is 1.68. The average molecular weight is 354 g/mol. The Labute approximate surface area is 151 Å². The van der Waals surface area contributed by atoms with Crippen LogP contribution in [0, 0.1) is 5.92 Å². The molecule has 0 unspecified atom stereocenters. The summed E-state index contributed by atoms with van der Waals surface area (Å²) in [6, 6.07) is 9.81. The van der Waals surface area contributed by atoms with E-state index in [9.17, 15) is 9.59 Å². The molecule has 4 rings (SSSR count). The Morgan fingerprint density at radius 2 is 2.19 bits per heavy atom. The molecule has 2 aliphatic heterocycles. The first-order chi connectivity index (χ1) is 12.7. The van der Waals surface area contributed by atoms with Crippen LogP contribution in [-0.4, -0.2) is 40.9 Å². The van der Waals surface area contributed by atoms with Gasteiger partial charge in [-0.25, -0.2) is 4.68 Å². The van der Waals surface area contributed by atoms with Crippen molar-refractivity contribution in [2.75, 3.05) is 18.5 Å². The maximum Gasteiger partial charge on any atom is 0.231 e. The van der Waals surface area contributed by atoms with Crippen LogP contribution in [0.3, 0.4) is 0 Å². The fourth-order valence-electron chi connectivity index (χ4n) is 3.48. The SMILES string of the molecule is O=C(C[C@H]1Cn2ncc(-c3ccccc3)c2NC1=O)NC[C@@H]1CCCO1. The Bertz CT molecular complexity index is 796. The lowest BCUT2D eigenvalue weighted by Crippen LogP contribution is -2.39. The van der Waals surface area contributed by atoms with E-state index in [2.05, 4.69) is 15.7 Å². The second-order valence-electron chi connectivity index (χ2n) is 6.78. The average Bonchev–Trinajstić information content (AvgIpc) is 3.31. The molecule has 2 N–H and O–H groups in total. The Morgan fingerprint density at radius 1 is 1.35 bits per heavy atom. The molecule has 0 aliphatic carbocycles. The zero-order valence-electron chi connectivity index (χ0n) is 14.5. The van der Waals surface area contributed by atoms with Gasteiger partial charge in [0.2, 0.25) is 11.8 Å². The van der Waals surface area contributed by atoms with Gasteiger partial charge in [-0.2, -0.15) is 5.10 Å². The lowest BCUT2D eigenvalue weighted by Gasteiger charge is -2.24. The molecular weight excluding hydrogens is 332 g/mol. The molecule has 0 bridgehead atoms. The molecular formula is C19H22N4O3. The Balaban J connectivity index is 1.40. The van der Waals surface area contributed by atoms with Crippen LogP contribution in [0.25, 0.3) is 11.1 Å². The zero-order valence-corrected chi connectivity index (χ0v) is 14.5. The van der Waals surface area contributed by atoms with Crippen LogP contribution in [0.5, 0.6) is 0 Å². The van der Waals surface area contributed by atoms with E-state index >= 15 is 0 Å². The molecule has 2 aromatic rings. The molecule has 2 amide bonds. The van der Waals surface area contributed by atoms with Crippen molar-refractivity contribution in [3.8, 4) is 11.1 Å². The van der Waals surface area contributed by atoms with E-state index in [0.29, 0.717) is 18.9 Å². The van der Waals surface area contributed by atoms with Gasteiger partial charge in [-0.05, 0) is 18.4 Å². The summed E-state index contributed by atoms with van der Waals surface area (Å²) in [5.41, 5.74) is 1.89. The summed E-state index contributed by atoms with van der Waals surface area (Å²) in [4.78, 5) is 24.7. The van der Waals surface area contributed by atoms with Crippen LogP contribution in [0.2, 0.25) is 0 Å². The first kappa shape index (κ1) is 16.8. The Kier molecular flexibility index (Phi) is 4.71. The van der Waals surface area contributed by atoms with Crippen molar-refractivity contribution in [2.45, 2.75) is 31.9 Å². The van der Waals surface area contributed by atoms with Crippen LogP contribution in [0.1, 0.15) is 19.3 Å². The van der Waals surface area contributed by atoms with Crippen molar-refractivity contribution in [2.24, 2.45) is 5.92 Å². The third-order valence-electron chi connectivity index (χ3n) is 4.91. The highest BCUT2D eigenvalue weighted by atomic mass is 16.5. The van der Waals surface area contributed by atoms with Gasteiger partial charge in [-0.3, -0.25) is 9.59 Å². The molecule has 136 valence electrons. The third kappa shape index (κ3) is 3.48. The number of nitrogens with zero attached hydrogens (tertiary/aromatic N) is 2. The highest BCUT2D eigenvalue weighted by molar-refractivity contribution is 5.98. The predicted octanol–water partition coefficient (Wildman–Crippen LogP) is 1.80. The summed E-state index contributed by atoms with van der Waals surface area (Å²) < 4.78 is 7.26. The zero-order chi connectivity index (χ0) is 17.9. The fourth-order valence-corrected chi connectivity index (χ4v) is 3.48. The molecule has 0 saturated carbocycles. The van der Waals surface area contributed by atoms with E-state index in [1.807, 2.05) is 30.3 Å². The lowest BCUT2D eigenvalue weighted by molar-refractivity contribution is -0.128. The third-order valence-corrected chi connectivity index (χ3v) is 4.91. The van der Waals surface area contributed by atoms with Gasteiger partial charge < -0.3 is 15.4 Å². The summed E-state index contributed by atoms with van der Waals surface area (Å²) in [6.07, 6.45) is 4.02. The molecule has 1 saturated heterocycles. The van der Waals surface area contributed by atoms with Crippen molar-refractivity contribution < 1.29 is 14.3 Å². The Hall–Kier alpha value is -2.67. The van der Waals surface area contributed by atoms with E-state index in [0.717, 1.165) is 30.6 Å². The minimum atomic E-state index is -0.421. The van der Waals surface area contributed by atoms with Crippen LogP contribution in [0.15, 0.2) is 36.5 Å². The number of hydrogen-bond donors (Lipinski definition) is 2. The van der Waals surface area contributed by atoms with Gasteiger partial charge in [0.05, 0.1) is 24.8 Å². The first-order valence-electron chi connectivity index (χ1n) is 9.01. The van der Waals surface area contributed by atoms with Crippen LogP contribution in [0.4, 0.5) is 5.82 Å². The molecule has 0 radical (unpaired) electrons. The van der Waals surface area contributed by atoms with Gasteiger partial charge in [-0.15, -0.1) is 0 Å². The number of nitrogens with one attached hydrogen (secondary N) is 2. The van der Waals surface area contributed by atoms with E-state index in [1.54, 1.807) is 10.9 Å². The predicted molar refractivity (Wildman–Crippen MR) is 96.4 cm³/mol. The van der Waals surface area contributed by atoms with Crippen molar-refractivity contribution in [1.82, 2.24) is 15.1 Å². The lowest BCUT2D eigenvalue weighted by atomic mass is 10.0. The molecule has 26 heavy (non-hydrogen) atoms. The van der Waals surface area contributed by atoms with Gasteiger partial charge in [0.1, 0.15) is 5.82 Å². The van der Waals surface area contributed by atoms with Gasteiger partial charge in [0.15, 0.2) is 0 Å². The number of benzene rings is 1. The van der Waals surface area contributed by atoms with Crippen LogP contribution in [-0.2, 0) is 20.9 Å². The van der Waals surface area contributed by atoms with E-state index in [-0.39, 0.29) is 24.3 Å². The summed E-state index contributed by atoms with van der Waals surface area (Å²) in [7, 11) is 0. The molecule has 1 aromatic carbocycles. The van der Waals surface area contributed by atoms with Crippen molar-refractivity contribution >= 4 is 17.6 Å². The number of ether oxygens (including phenoxy) is 1. The smallest absolute Gasteiger partial charge is 0.231 e. The number of anilines is 1. The van der Waals surface area contributed by atoms with Gasteiger partial charge in [0, 0.05) is 25.1 Å². The molecule has 1 aromatic heterocycles. The minimum Gasteiger partial charge on any atom is -0.376 e. The standard InChI is InChI=1S/C19H22N4O3/c24-17(20-10-15-7-4-8-26-15)9-14-12-23-18(22-19(14)25)16(11-21-23)13-5-2-1-3-6-13/h1-3,5-6,11,14-15H,4,7-10,12H2,(H,20,24)(H,22,25)/t14-,15-/m0/s1. The molecule has 7 nitrogen and oxygen atoms in total. The maximum atomic E-state index is 12.5. The number of fused-ring (bicyclic) bond motifs is 1. The molecule has 1 fully saturated rings. The van der Waals surface area contributed by atoms with Crippen molar-refractivity contribution in [3.05, 3.63) is 36.5 Å². The number of carbonyl (C=O) groups is 2. The number of carbonyl (C=O) groups excluding carboxylic acids is 2. The van der Waals surface area contributed by atoms with E-state index in [1.165, 1.54) is 0 Å². The second kappa shape index (κ2) is 7.29. The number of rotatable bonds is 5. The van der Waals surface area contributed by atoms with E-state index in [4.69, 9.17) is 4.74 Å². The quantitative estimate of drug-likeness (QED) is 0.857. The fraction of sp³-hybridized carbons (Fsp3) is 0.421. The summed E-state index contributed by atoms with van der Waals surface area (Å²) in [5, 5.41) is 10.2. The monoisotopic (exact) mass is 354 g/mol. The summed E-state index contributed by atoms with van der Waals surface area (Å²) >= 11 is 0. The van der Waals surface area contributed by atoms with E-state index < -0.39 is 5.92 Å². The number of hydrogen-bond acceptors (Lipinski definition) is 4. The second-order valence-corrected chi connectivity index (χ2v) is 6.78. The highest BCUT2D eigenvalue weighted by Gasteiger charge is 2.30. The number of amides is 2. The van der Waals surface area contributed by atoms with Gasteiger partial charge >= 0.3 is 0 Å². The molecule has 2 atom stereocenters. The molecule has 3 heterocycles. The maximum absolute atomic E-state index is 12.5. The first-order valence-corrected chi connectivity index (χ1v) is 9.01. The van der Waals surface area contributed by atoms with Gasteiger partial charge in [0.25, 0.3) is 0 Å². The normalized spacial score (nSPS) is 21.9. The molecule has 7 heteroatoms. The summed E-state index contributed by atoms with van der Waals surface area (Å²) in [5.74, 6) is 0.00900. The molecule has 2 aliphatic rings. The molecule has 0 spiro atoms. The highest BCUT2D eigenvalue weighted by Crippen LogP contribution is 2.31. The minimum absolute atomic E-state index is 0.102. The van der Waals surface area contributed by atoms with Crippen molar-refractivity contribution in [1.29, 1.82) is 0 Å². The topological polar surface area (TPSA) is 85.2 Å². The van der Waals surface area contributed by atoms with Crippen molar-refractivity contribution in [3.63, 3.8) is 0 Å².